The number of likely N-dealkylation sites (tertiary alicyclic amines) is 2. The van der Waals surface area contributed by atoms with E-state index in [1.165, 1.54) is 50.9 Å². The van der Waals surface area contributed by atoms with Crippen LogP contribution in [0.1, 0.15) is 38.2 Å². The summed E-state index contributed by atoms with van der Waals surface area (Å²) in [5.41, 5.74) is 7.69. The molecule has 2 fully saturated rings. The minimum absolute atomic E-state index is 0.376. The molecule has 3 nitrogen and oxygen atoms in total. The van der Waals surface area contributed by atoms with E-state index in [4.69, 9.17) is 5.73 Å². The number of nitrogens with zero attached hydrogens (tertiary/aromatic N) is 2. The van der Waals surface area contributed by atoms with Crippen molar-refractivity contribution in [2.24, 2.45) is 5.73 Å². The fourth-order valence-electron chi connectivity index (χ4n) is 3.97. The first-order chi connectivity index (χ1) is 10.2. The first-order valence-electron chi connectivity index (χ1n) is 8.51. The molecular weight excluding hydrogens is 258 g/mol. The largest absolute Gasteiger partial charge is 0.326 e. The van der Waals surface area contributed by atoms with Crippen molar-refractivity contribution in [3.05, 3.63) is 35.9 Å². The minimum Gasteiger partial charge on any atom is -0.326 e. The molecule has 0 saturated carbocycles. The second-order valence-corrected chi connectivity index (χ2v) is 6.78. The van der Waals surface area contributed by atoms with Crippen molar-refractivity contribution in [3.63, 3.8) is 0 Å². The molecule has 0 unspecified atom stereocenters. The van der Waals surface area contributed by atoms with Gasteiger partial charge in [0.15, 0.2) is 0 Å². The standard InChI is InChI=1S/C18H29N3/c1-15-18(19)8-5-11-21(15)17-9-12-20(13-10-17)14-16-6-3-2-4-7-16/h2-4,6-7,15,17-18H,5,8-14,19H2,1H3/t15-,18-/m1/s1. The van der Waals surface area contributed by atoms with Crippen LogP contribution in [-0.2, 0) is 6.54 Å². The molecule has 0 spiro atoms. The van der Waals surface area contributed by atoms with E-state index >= 15 is 0 Å². The van der Waals surface area contributed by atoms with Crippen molar-refractivity contribution >= 4 is 0 Å². The summed E-state index contributed by atoms with van der Waals surface area (Å²) in [6.07, 6.45) is 5.06. The molecule has 0 aliphatic carbocycles. The lowest BCUT2D eigenvalue weighted by Gasteiger charge is -2.45. The average molecular weight is 287 g/mol. The van der Waals surface area contributed by atoms with E-state index in [0.717, 1.165) is 12.6 Å². The summed E-state index contributed by atoms with van der Waals surface area (Å²) in [4.78, 5) is 5.29. The van der Waals surface area contributed by atoms with Crippen molar-refractivity contribution in [3.8, 4) is 0 Å². The van der Waals surface area contributed by atoms with Crippen LogP contribution < -0.4 is 5.73 Å². The summed E-state index contributed by atoms with van der Waals surface area (Å²) in [6, 6.07) is 12.5. The fourth-order valence-corrected chi connectivity index (χ4v) is 3.97. The van der Waals surface area contributed by atoms with Gasteiger partial charge in [0.2, 0.25) is 0 Å². The highest BCUT2D eigenvalue weighted by Crippen LogP contribution is 2.25. The lowest BCUT2D eigenvalue weighted by atomic mass is 9.93. The van der Waals surface area contributed by atoms with Gasteiger partial charge in [-0.1, -0.05) is 30.3 Å². The Kier molecular flexibility index (Phi) is 4.94. The van der Waals surface area contributed by atoms with Gasteiger partial charge in [0.05, 0.1) is 0 Å². The van der Waals surface area contributed by atoms with E-state index in [1.807, 2.05) is 0 Å². The normalized spacial score (nSPS) is 29.6. The number of benzene rings is 1. The summed E-state index contributed by atoms with van der Waals surface area (Å²) >= 11 is 0. The summed E-state index contributed by atoms with van der Waals surface area (Å²) < 4.78 is 0. The molecule has 2 atom stereocenters. The van der Waals surface area contributed by atoms with Gasteiger partial charge in [-0.3, -0.25) is 9.80 Å². The molecule has 3 rings (SSSR count). The van der Waals surface area contributed by atoms with Gasteiger partial charge >= 0.3 is 0 Å². The fraction of sp³-hybridized carbons (Fsp3) is 0.667. The number of piperidine rings is 2. The third-order valence-corrected chi connectivity index (χ3v) is 5.37. The molecule has 3 heteroatoms. The smallest absolute Gasteiger partial charge is 0.0233 e. The molecule has 2 saturated heterocycles. The topological polar surface area (TPSA) is 32.5 Å². The average Bonchev–Trinajstić information content (AvgIpc) is 2.52. The van der Waals surface area contributed by atoms with Crippen LogP contribution in [0.15, 0.2) is 30.3 Å². The minimum atomic E-state index is 0.376. The first-order valence-corrected chi connectivity index (χ1v) is 8.51. The van der Waals surface area contributed by atoms with Gasteiger partial charge < -0.3 is 5.73 Å². The zero-order valence-electron chi connectivity index (χ0n) is 13.2. The van der Waals surface area contributed by atoms with Crippen LogP contribution >= 0.6 is 0 Å². The van der Waals surface area contributed by atoms with E-state index in [1.54, 1.807) is 0 Å². The van der Waals surface area contributed by atoms with Crippen LogP contribution in [0.3, 0.4) is 0 Å². The molecule has 116 valence electrons. The Morgan fingerprint density at radius 2 is 1.76 bits per heavy atom. The molecule has 2 aliphatic heterocycles. The quantitative estimate of drug-likeness (QED) is 0.927. The van der Waals surface area contributed by atoms with Gasteiger partial charge in [-0.2, -0.15) is 0 Å². The van der Waals surface area contributed by atoms with Crippen molar-refractivity contribution in [1.82, 2.24) is 9.80 Å². The Morgan fingerprint density at radius 3 is 2.48 bits per heavy atom. The molecule has 2 aliphatic rings. The van der Waals surface area contributed by atoms with E-state index in [-0.39, 0.29) is 0 Å². The van der Waals surface area contributed by atoms with Crippen molar-refractivity contribution in [2.75, 3.05) is 19.6 Å². The Hall–Kier alpha value is -0.900. The van der Waals surface area contributed by atoms with E-state index < -0.39 is 0 Å². The summed E-state index contributed by atoms with van der Waals surface area (Å²) in [5.74, 6) is 0. The molecule has 0 bridgehead atoms. The van der Waals surface area contributed by atoms with Crippen LogP contribution in [0.4, 0.5) is 0 Å². The predicted molar refractivity (Wildman–Crippen MR) is 88.1 cm³/mol. The van der Waals surface area contributed by atoms with Crippen LogP contribution in [0.5, 0.6) is 0 Å². The molecule has 21 heavy (non-hydrogen) atoms. The molecule has 0 aromatic heterocycles. The van der Waals surface area contributed by atoms with E-state index in [2.05, 4.69) is 47.1 Å². The molecule has 0 amide bonds. The van der Waals surface area contributed by atoms with Gasteiger partial charge in [0, 0.05) is 24.7 Å². The molecule has 2 heterocycles. The van der Waals surface area contributed by atoms with Crippen molar-refractivity contribution in [2.45, 2.75) is 57.3 Å². The Labute approximate surface area is 129 Å². The van der Waals surface area contributed by atoms with Crippen molar-refractivity contribution < 1.29 is 0 Å². The van der Waals surface area contributed by atoms with Crippen LogP contribution in [0.2, 0.25) is 0 Å². The van der Waals surface area contributed by atoms with Gasteiger partial charge in [-0.25, -0.2) is 0 Å². The monoisotopic (exact) mass is 287 g/mol. The second kappa shape index (κ2) is 6.91. The second-order valence-electron chi connectivity index (χ2n) is 6.78. The third-order valence-electron chi connectivity index (χ3n) is 5.37. The summed E-state index contributed by atoms with van der Waals surface area (Å²) in [5, 5.41) is 0. The van der Waals surface area contributed by atoms with Gasteiger partial charge in [0.25, 0.3) is 0 Å². The summed E-state index contributed by atoms with van der Waals surface area (Å²) in [7, 11) is 0. The maximum Gasteiger partial charge on any atom is 0.0233 e. The zero-order valence-corrected chi connectivity index (χ0v) is 13.2. The third kappa shape index (κ3) is 3.65. The molecular formula is C18H29N3. The molecule has 0 radical (unpaired) electrons. The number of rotatable bonds is 3. The van der Waals surface area contributed by atoms with Crippen molar-refractivity contribution in [1.29, 1.82) is 0 Å². The lowest BCUT2D eigenvalue weighted by molar-refractivity contribution is 0.0463. The van der Waals surface area contributed by atoms with E-state index in [9.17, 15) is 0 Å². The van der Waals surface area contributed by atoms with Crippen LogP contribution in [0.25, 0.3) is 0 Å². The Balaban J connectivity index is 1.51. The Morgan fingerprint density at radius 1 is 1.05 bits per heavy atom. The highest BCUT2D eigenvalue weighted by Gasteiger charge is 2.32. The molecule has 1 aromatic rings. The molecule has 1 aromatic carbocycles. The van der Waals surface area contributed by atoms with Crippen LogP contribution in [-0.4, -0.2) is 47.6 Å². The van der Waals surface area contributed by atoms with Gasteiger partial charge in [-0.15, -0.1) is 0 Å². The number of hydrogen-bond donors (Lipinski definition) is 1. The SMILES string of the molecule is C[C@@H]1[C@H](N)CCCN1C1CCN(Cc2ccccc2)CC1. The maximum atomic E-state index is 6.25. The lowest BCUT2D eigenvalue weighted by Crippen LogP contribution is -2.56. The maximum absolute atomic E-state index is 6.25. The summed E-state index contributed by atoms with van der Waals surface area (Å²) in [6.45, 7) is 7.11. The van der Waals surface area contributed by atoms with Gasteiger partial charge in [0.1, 0.15) is 0 Å². The highest BCUT2D eigenvalue weighted by atomic mass is 15.2. The van der Waals surface area contributed by atoms with Crippen LogP contribution in [0, 0.1) is 0 Å². The van der Waals surface area contributed by atoms with E-state index in [0.29, 0.717) is 12.1 Å². The number of nitrogens with two attached hydrogens (primary N) is 1. The predicted octanol–water partition coefficient (Wildman–Crippen LogP) is 2.46. The molecule has 2 N–H and O–H groups in total. The highest BCUT2D eigenvalue weighted by molar-refractivity contribution is 5.14. The number of hydrogen-bond acceptors (Lipinski definition) is 3. The Bertz CT molecular complexity index is 425. The van der Waals surface area contributed by atoms with Gasteiger partial charge in [-0.05, 0) is 57.8 Å². The zero-order chi connectivity index (χ0) is 14.7. The first kappa shape index (κ1) is 15.0.